The molecule has 0 aliphatic rings. The molecule has 0 amide bonds. The molecule has 0 saturated carbocycles. The summed E-state index contributed by atoms with van der Waals surface area (Å²) in [5, 5.41) is 14.6. The van der Waals surface area contributed by atoms with Gasteiger partial charge in [0.05, 0.1) is 4.92 Å². The molecule has 0 fully saturated rings. The van der Waals surface area contributed by atoms with Gasteiger partial charge in [0, 0.05) is 11.6 Å². The minimum absolute atomic E-state index is 0.0821. The highest BCUT2D eigenvalue weighted by molar-refractivity contribution is 5.96. The number of hydrogen-bond acceptors (Lipinski definition) is 6. The van der Waals surface area contributed by atoms with Crippen LogP contribution in [0.15, 0.2) is 51.8 Å². The molecule has 0 aliphatic heterocycles. The van der Waals surface area contributed by atoms with Crippen molar-refractivity contribution in [3.63, 3.8) is 0 Å². The van der Waals surface area contributed by atoms with Crippen LogP contribution >= 0.6 is 0 Å². The van der Waals surface area contributed by atoms with Crippen molar-refractivity contribution in [2.45, 2.75) is 6.92 Å². The Hall–Kier alpha value is -3.22. The predicted octanol–water partition coefficient (Wildman–Crippen LogP) is 3.15. The molecule has 0 saturated heterocycles. The van der Waals surface area contributed by atoms with Crippen molar-refractivity contribution in [2.75, 3.05) is 5.32 Å². The third-order valence-corrected chi connectivity index (χ3v) is 3.22. The SMILES string of the molecule is Cc1cccnc1Nc1c([N+](=O)[O-])c(=O)oc2ccccc12. The lowest BCUT2D eigenvalue weighted by atomic mass is 10.1. The third kappa shape index (κ3) is 2.28. The first-order valence-electron chi connectivity index (χ1n) is 6.47. The van der Waals surface area contributed by atoms with Crippen LogP contribution < -0.4 is 10.9 Å². The number of aromatic nitrogens is 1. The number of nitrogens with one attached hydrogen (secondary N) is 1. The summed E-state index contributed by atoms with van der Waals surface area (Å²) in [5.41, 5.74) is -0.481. The van der Waals surface area contributed by atoms with Crippen molar-refractivity contribution in [1.82, 2.24) is 4.98 Å². The molecule has 110 valence electrons. The molecule has 1 N–H and O–H groups in total. The number of nitro groups is 1. The van der Waals surface area contributed by atoms with Gasteiger partial charge in [-0.3, -0.25) is 10.1 Å². The first kappa shape index (κ1) is 13.7. The van der Waals surface area contributed by atoms with Gasteiger partial charge in [0.1, 0.15) is 17.1 Å². The lowest BCUT2D eigenvalue weighted by molar-refractivity contribution is -0.386. The van der Waals surface area contributed by atoms with E-state index in [4.69, 9.17) is 4.42 Å². The first-order chi connectivity index (χ1) is 10.6. The highest BCUT2D eigenvalue weighted by Crippen LogP contribution is 2.32. The number of nitrogens with zero attached hydrogens (tertiary/aromatic N) is 2. The number of hydrogen-bond donors (Lipinski definition) is 1. The Morgan fingerprint density at radius 3 is 2.73 bits per heavy atom. The highest BCUT2D eigenvalue weighted by Gasteiger charge is 2.25. The highest BCUT2D eigenvalue weighted by atomic mass is 16.6. The molecule has 3 aromatic rings. The number of fused-ring (bicyclic) bond motifs is 1. The van der Waals surface area contributed by atoms with Gasteiger partial charge < -0.3 is 9.73 Å². The van der Waals surface area contributed by atoms with E-state index in [9.17, 15) is 14.9 Å². The van der Waals surface area contributed by atoms with Crippen LogP contribution in [0, 0.1) is 17.0 Å². The number of benzene rings is 1. The van der Waals surface area contributed by atoms with Crippen molar-refractivity contribution in [2.24, 2.45) is 0 Å². The molecule has 0 spiro atoms. The number of aryl methyl sites for hydroxylation is 1. The van der Waals surface area contributed by atoms with E-state index in [1.165, 1.54) is 0 Å². The van der Waals surface area contributed by atoms with Gasteiger partial charge in [-0.15, -0.1) is 0 Å². The Morgan fingerprint density at radius 2 is 2.00 bits per heavy atom. The van der Waals surface area contributed by atoms with Crippen molar-refractivity contribution >= 4 is 28.2 Å². The van der Waals surface area contributed by atoms with Crippen molar-refractivity contribution < 1.29 is 9.34 Å². The molecular formula is C15H11N3O4. The molecule has 2 heterocycles. The van der Waals surface area contributed by atoms with E-state index in [0.29, 0.717) is 11.2 Å². The minimum atomic E-state index is -1.00. The van der Waals surface area contributed by atoms with Gasteiger partial charge in [-0.1, -0.05) is 18.2 Å². The minimum Gasteiger partial charge on any atom is -0.418 e. The summed E-state index contributed by atoms with van der Waals surface area (Å²) >= 11 is 0. The van der Waals surface area contributed by atoms with Gasteiger partial charge in [-0.05, 0) is 30.7 Å². The molecule has 0 aliphatic carbocycles. The summed E-state index contributed by atoms with van der Waals surface area (Å²) in [6.07, 6.45) is 1.56. The lowest BCUT2D eigenvalue weighted by Gasteiger charge is -2.10. The molecule has 7 heteroatoms. The topological polar surface area (TPSA) is 98.3 Å². The zero-order chi connectivity index (χ0) is 15.7. The largest absolute Gasteiger partial charge is 0.418 e. The average molecular weight is 297 g/mol. The predicted molar refractivity (Wildman–Crippen MR) is 81.4 cm³/mol. The number of anilines is 2. The fourth-order valence-corrected chi connectivity index (χ4v) is 2.17. The fraction of sp³-hybridized carbons (Fsp3) is 0.0667. The van der Waals surface area contributed by atoms with E-state index in [0.717, 1.165) is 5.56 Å². The van der Waals surface area contributed by atoms with Crippen LogP contribution in [-0.2, 0) is 0 Å². The zero-order valence-corrected chi connectivity index (χ0v) is 11.6. The first-order valence-corrected chi connectivity index (χ1v) is 6.47. The Balaban J connectivity index is 2.30. The standard InChI is InChI=1S/C15H11N3O4/c1-9-5-4-8-16-14(9)17-12-10-6-2-3-7-11(10)22-15(19)13(12)18(20)21/h2-8H,1H3,(H,16,17). The zero-order valence-electron chi connectivity index (χ0n) is 11.6. The molecule has 0 radical (unpaired) electrons. The summed E-state index contributed by atoms with van der Waals surface area (Å²) in [4.78, 5) is 26.5. The summed E-state index contributed by atoms with van der Waals surface area (Å²) < 4.78 is 5.01. The Morgan fingerprint density at radius 1 is 1.23 bits per heavy atom. The smallest absolute Gasteiger partial charge is 0.417 e. The van der Waals surface area contributed by atoms with E-state index < -0.39 is 16.2 Å². The second-order valence-electron chi connectivity index (χ2n) is 4.66. The van der Waals surface area contributed by atoms with Gasteiger partial charge in [0.15, 0.2) is 0 Å². The Kier molecular flexibility index (Phi) is 3.30. The molecule has 0 atom stereocenters. The molecule has 0 unspecified atom stereocenters. The Bertz CT molecular complexity index is 933. The Labute approximate surface area is 124 Å². The molecule has 2 aromatic heterocycles. The van der Waals surface area contributed by atoms with E-state index in [1.54, 1.807) is 36.5 Å². The summed E-state index contributed by atoms with van der Waals surface area (Å²) in [5.74, 6) is 0.446. The van der Waals surface area contributed by atoms with Crippen molar-refractivity contribution in [3.05, 3.63) is 68.7 Å². The van der Waals surface area contributed by atoms with Crippen LogP contribution in [0.2, 0.25) is 0 Å². The molecule has 3 rings (SSSR count). The maximum atomic E-state index is 11.9. The van der Waals surface area contributed by atoms with Crippen LogP contribution in [0.1, 0.15) is 5.56 Å². The van der Waals surface area contributed by atoms with Crippen LogP contribution in [0.25, 0.3) is 11.0 Å². The van der Waals surface area contributed by atoms with Crippen LogP contribution in [0.3, 0.4) is 0 Å². The van der Waals surface area contributed by atoms with Gasteiger partial charge in [-0.25, -0.2) is 9.78 Å². The van der Waals surface area contributed by atoms with Crippen LogP contribution in [0.5, 0.6) is 0 Å². The molecular weight excluding hydrogens is 286 g/mol. The maximum Gasteiger partial charge on any atom is 0.417 e. The quantitative estimate of drug-likeness (QED) is 0.453. The van der Waals surface area contributed by atoms with Gasteiger partial charge in [-0.2, -0.15) is 0 Å². The van der Waals surface area contributed by atoms with Gasteiger partial charge in [0.25, 0.3) is 0 Å². The van der Waals surface area contributed by atoms with E-state index in [1.807, 2.05) is 13.0 Å². The van der Waals surface area contributed by atoms with E-state index in [-0.39, 0.29) is 11.3 Å². The summed E-state index contributed by atoms with van der Waals surface area (Å²) in [7, 11) is 0. The molecule has 7 nitrogen and oxygen atoms in total. The van der Waals surface area contributed by atoms with Gasteiger partial charge >= 0.3 is 11.3 Å². The van der Waals surface area contributed by atoms with E-state index in [2.05, 4.69) is 10.3 Å². The number of para-hydroxylation sites is 1. The molecule has 22 heavy (non-hydrogen) atoms. The summed E-state index contributed by atoms with van der Waals surface area (Å²) in [6, 6.07) is 10.2. The molecule has 1 aromatic carbocycles. The van der Waals surface area contributed by atoms with Crippen molar-refractivity contribution in [1.29, 1.82) is 0 Å². The number of rotatable bonds is 3. The van der Waals surface area contributed by atoms with Crippen LogP contribution in [0.4, 0.5) is 17.2 Å². The third-order valence-electron chi connectivity index (χ3n) is 3.22. The second kappa shape index (κ2) is 5.28. The second-order valence-corrected chi connectivity index (χ2v) is 4.66. The van der Waals surface area contributed by atoms with Crippen molar-refractivity contribution in [3.8, 4) is 0 Å². The normalized spacial score (nSPS) is 10.6. The van der Waals surface area contributed by atoms with Crippen LogP contribution in [-0.4, -0.2) is 9.91 Å². The average Bonchev–Trinajstić information content (AvgIpc) is 2.49. The van der Waals surface area contributed by atoms with Gasteiger partial charge in [0.2, 0.25) is 0 Å². The fourth-order valence-electron chi connectivity index (χ4n) is 2.17. The van der Waals surface area contributed by atoms with E-state index >= 15 is 0 Å². The summed E-state index contributed by atoms with van der Waals surface area (Å²) in [6.45, 7) is 1.81. The monoisotopic (exact) mass is 297 g/mol. The lowest BCUT2D eigenvalue weighted by Crippen LogP contribution is -2.11. The molecule has 0 bridgehead atoms. The number of pyridine rings is 1. The maximum absolute atomic E-state index is 11.9.